The third-order valence-electron chi connectivity index (χ3n) is 5.56. The monoisotopic (exact) mass is 410 g/mol. The lowest BCUT2D eigenvalue weighted by Gasteiger charge is -2.08. The van der Waals surface area contributed by atoms with Gasteiger partial charge in [-0.25, -0.2) is 9.78 Å². The number of rotatable bonds is 6. The number of imidazole rings is 1. The standard InChI is InChI=1S/C21H22N4O5/c1-23-19-18(20(28)24(2)21(23)29)25(12-22-19)9-8-17(27)30-11-16(26)15-7-6-13-4-3-5-14(13)10-15/h6-7,10,12H,3-5,8-9,11H2,1-2H3. The molecule has 0 saturated carbocycles. The molecule has 9 heteroatoms. The van der Waals surface area contributed by atoms with E-state index in [1.807, 2.05) is 12.1 Å². The predicted molar refractivity (Wildman–Crippen MR) is 109 cm³/mol. The van der Waals surface area contributed by atoms with Crippen molar-refractivity contribution in [1.29, 1.82) is 0 Å². The molecule has 0 unspecified atom stereocenters. The number of hydrogen-bond acceptors (Lipinski definition) is 6. The molecule has 0 radical (unpaired) electrons. The largest absolute Gasteiger partial charge is 0.457 e. The van der Waals surface area contributed by atoms with E-state index in [1.54, 1.807) is 6.07 Å². The Bertz CT molecular complexity index is 1280. The van der Waals surface area contributed by atoms with Crippen LogP contribution in [0.4, 0.5) is 0 Å². The van der Waals surface area contributed by atoms with E-state index < -0.39 is 17.2 Å². The summed E-state index contributed by atoms with van der Waals surface area (Å²) in [7, 11) is 2.92. The third-order valence-corrected chi connectivity index (χ3v) is 5.56. The van der Waals surface area contributed by atoms with Gasteiger partial charge < -0.3 is 9.30 Å². The fourth-order valence-corrected chi connectivity index (χ4v) is 3.83. The van der Waals surface area contributed by atoms with Crippen LogP contribution in [0, 0.1) is 0 Å². The zero-order valence-electron chi connectivity index (χ0n) is 16.9. The molecule has 2 heterocycles. The van der Waals surface area contributed by atoms with Crippen LogP contribution in [0.15, 0.2) is 34.1 Å². The molecule has 0 amide bonds. The highest BCUT2D eigenvalue weighted by Crippen LogP contribution is 2.23. The molecule has 0 aliphatic heterocycles. The molecule has 9 nitrogen and oxygen atoms in total. The number of hydrogen-bond donors (Lipinski definition) is 0. The molecular formula is C21H22N4O5. The number of Topliss-reactive ketones (excluding diaryl/α,β-unsaturated/α-hetero) is 1. The van der Waals surface area contributed by atoms with Crippen LogP contribution in [0.1, 0.15) is 34.3 Å². The van der Waals surface area contributed by atoms with Gasteiger partial charge in [0, 0.05) is 26.2 Å². The number of carbonyl (C=O) groups is 2. The Labute approximate surface area is 171 Å². The number of nitrogens with zero attached hydrogens (tertiary/aromatic N) is 4. The summed E-state index contributed by atoms with van der Waals surface area (Å²) in [6.45, 7) is -0.172. The number of benzene rings is 1. The summed E-state index contributed by atoms with van der Waals surface area (Å²) in [5, 5.41) is 0. The molecule has 0 N–H and O–H groups in total. The van der Waals surface area contributed by atoms with Gasteiger partial charge in [-0.3, -0.25) is 23.5 Å². The molecule has 30 heavy (non-hydrogen) atoms. The second-order valence-corrected chi connectivity index (χ2v) is 7.49. The molecule has 0 atom stereocenters. The summed E-state index contributed by atoms with van der Waals surface area (Å²) in [6, 6.07) is 5.63. The number of ketones is 1. The quantitative estimate of drug-likeness (QED) is 0.438. The van der Waals surface area contributed by atoms with E-state index in [0.717, 1.165) is 23.8 Å². The Morgan fingerprint density at radius 3 is 2.67 bits per heavy atom. The molecule has 4 rings (SSSR count). The van der Waals surface area contributed by atoms with Crippen LogP contribution in [0.25, 0.3) is 11.2 Å². The lowest BCUT2D eigenvalue weighted by atomic mass is 10.0. The third kappa shape index (κ3) is 3.47. The van der Waals surface area contributed by atoms with Crippen LogP contribution in [0.5, 0.6) is 0 Å². The van der Waals surface area contributed by atoms with E-state index in [9.17, 15) is 19.2 Å². The minimum Gasteiger partial charge on any atom is -0.457 e. The number of esters is 1. The van der Waals surface area contributed by atoms with Gasteiger partial charge in [-0.1, -0.05) is 12.1 Å². The molecule has 0 fully saturated rings. The average molecular weight is 410 g/mol. The van der Waals surface area contributed by atoms with Crippen LogP contribution < -0.4 is 11.2 Å². The average Bonchev–Trinajstić information content (AvgIpc) is 3.39. The van der Waals surface area contributed by atoms with Gasteiger partial charge in [0.1, 0.15) is 0 Å². The van der Waals surface area contributed by atoms with Crippen molar-refractivity contribution < 1.29 is 14.3 Å². The SMILES string of the molecule is Cn1c(=O)c2c(ncn2CCC(=O)OCC(=O)c2ccc3c(c2)CCC3)n(C)c1=O. The predicted octanol–water partition coefficient (Wildman–Crippen LogP) is 0.739. The van der Waals surface area contributed by atoms with Crippen molar-refractivity contribution in [3.8, 4) is 0 Å². The minimum absolute atomic E-state index is 0.0328. The van der Waals surface area contributed by atoms with E-state index >= 15 is 0 Å². The highest BCUT2D eigenvalue weighted by Gasteiger charge is 2.17. The summed E-state index contributed by atoms with van der Waals surface area (Å²) in [5.74, 6) is -0.789. The fraction of sp³-hybridized carbons (Fsp3) is 0.381. The van der Waals surface area contributed by atoms with Crippen LogP contribution in [-0.2, 0) is 43.0 Å². The highest BCUT2D eigenvalue weighted by molar-refractivity contribution is 5.98. The van der Waals surface area contributed by atoms with E-state index in [1.165, 1.54) is 40.7 Å². The van der Waals surface area contributed by atoms with E-state index in [-0.39, 0.29) is 36.5 Å². The van der Waals surface area contributed by atoms with Crippen molar-refractivity contribution in [2.75, 3.05) is 6.61 Å². The number of ether oxygens (including phenoxy) is 1. The first-order valence-corrected chi connectivity index (χ1v) is 9.78. The van der Waals surface area contributed by atoms with Crippen LogP contribution in [-0.4, -0.2) is 37.0 Å². The fourth-order valence-electron chi connectivity index (χ4n) is 3.83. The Morgan fingerprint density at radius 1 is 1.10 bits per heavy atom. The van der Waals surface area contributed by atoms with Gasteiger partial charge in [0.15, 0.2) is 23.6 Å². The Morgan fingerprint density at radius 2 is 1.87 bits per heavy atom. The Balaban J connectivity index is 1.39. The molecule has 3 aromatic rings. The second kappa shape index (κ2) is 7.74. The molecule has 156 valence electrons. The Kier molecular flexibility index (Phi) is 5.11. The maximum atomic E-state index is 12.4. The topological polar surface area (TPSA) is 105 Å². The Hall–Kier alpha value is -3.49. The molecule has 0 saturated heterocycles. The van der Waals surface area contributed by atoms with Gasteiger partial charge in [0.05, 0.1) is 12.7 Å². The minimum atomic E-state index is -0.548. The molecule has 1 aliphatic carbocycles. The van der Waals surface area contributed by atoms with E-state index in [0.29, 0.717) is 5.56 Å². The van der Waals surface area contributed by atoms with Crippen molar-refractivity contribution >= 4 is 22.9 Å². The first-order chi connectivity index (χ1) is 14.4. The lowest BCUT2D eigenvalue weighted by molar-refractivity contribution is -0.142. The molecule has 2 aromatic heterocycles. The highest BCUT2D eigenvalue weighted by atomic mass is 16.5. The van der Waals surface area contributed by atoms with E-state index in [2.05, 4.69) is 4.98 Å². The number of aromatic nitrogens is 4. The zero-order valence-corrected chi connectivity index (χ0v) is 16.9. The van der Waals surface area contributed by atoms with Gasteiger partial charge in [-0.2, -0.15) is 0 Å². The van der Waals surface area contributed by atoms with Crippen molar-refractivity contribution in [1.82, 2.24) is 18.7 Å². The van der Waals surface area contributed by atoms with Crippen molar-refractivity contribution in [3.63, 3.8) is 0 Å². The molecule has 0 bridgehead atoms. The van der Waals surface area contributed by atoms with E-state index in [4.69, 9.17) is 4.74 Å². The number of carbonyl (C=O) groups excluding carboxylic acids is 2. The lowest BCUT2D eigenvalue weighted by Crippen LogP contribution is -2.37. The van der Waals surface area contributed by atoms with Crippen LogP contribution in [0.3, 0.4) is 0 Å². The maximum absolute atomic E-state index is 12.4. The van der Waals surface area contributed by atoms with Crippen LogP contribution in [0.2, 0.25) is 0 Å². The van der Waals surface area contributed by atoms with Gasteiger partial charge in [0.2, 0.25) is 0 Å². The summed E-state index contributed by atoms with van der Waals surface area (Å²) in [4.78, 5) is 53.0. The van der Waals surface area contributed by atoms with Crippen molar-refractivity contribution in [3.05, 3.63) is 62.1 Å². The summed E-state index contributed by atoms with van der Waals surface area (Å²) < 4.78 is 8.91. The molecule has 1 aromatic carbocycles. The molecular weight excluding hydrogens is 388 g/mol. The molecule has 1 aliphatic rings. The smallest absolute Gasteiger partial charge is 0.332 e. The van der Waals surface area contributed by atoms with Gasteiger partial charge in [-0.05, 0) is 36.5 Å². The maximum Gasteiger partial charge on any atom is 0.332 e. The normalized spacial score (nSPS) is 12.9. The van der Waals surface area contributed by atoms with Gasteiger partial charge in [-0.15, -0.1) is 0 Å². The van der Waals surface area contributed by atoms with Gasteiger partial charge >= 0.3 is 11.7 Å². The van der Waals surface area contributed by atoms with Crippen LogP contribution >= 0.6 is 0 Å². The number of fused-ring (bicyclic) bond motifs is 2. The van der Waals surface area contributed by atoms with Gasteiger partial charge in [0.25, 0.3) is 5.56 Å². The summed E-state index contributed by atoms with van der Waals surface area (Å²) in [5.41, 5.74) is 2.56. The summed E-state index contributed by atoms with van der Waals surface area (Å²) >= 11 is 0. The molecule has 0 spiro atoms. The summed E-state index contributed by atoms with van der Waals surface area (Å²) in [6.07, 6.45) is 4.49. The van der Waals surface area contributed by atoms with Crippen molar-refractivity contribution in [2.24, 2.45) is 14.1 Å². The van der Waals surface area contributed by atoms with Crippen molar-refractivity contribution in [2.45, 2.75) is 32.2 Å². The second-order valence-electron chi connectivity index (χ2n) is 7.49. The first kappa shape index (κ1) is 19.8. The first-order valence-electron chi connectivity index (χ1n) is 9.78. The number of aryl methyl sites for hydroxylation is 4. The zero-order chi connectivity index (χ0) is 21.4.